The molecule has 0 unspecified atom stereocenters. The summed E-state index contributed by atoms with van der Waals surface area (Å²) in [4.78, 5) is 2.53. The van der Waals surface area contributed by atoms with Crippen LogP contribution in [0.5, 0.6) is 0 Å². The fourth-order valence-corrected chi connectivity index (χ4v) is 1.51. The van der Waals surface area contributed by atoms with Gasteiger partial charge in [-0.2, -0.15) is 12.6 Å². The first kappa shape index (κ1) is 14.1. The highest BCUT2D eigenvalue weighted by Gasteiger charge is 2.00. The van der Waals surface area contributed by atoms with Gasteiger partial charge in [-0.3, -0.25) is 4.90 Å². The Hall–Kier alpha value is 0.0500. The highest BCUT2D eigenvalue weighted by molar-refractivity contribution is 7.80. The Labute approximate surface area is 95.0 Å². The molecule has 0 aromatic heterocycles. The van der Waals surface area contributed by atoms with Crippen molar-refractivity contribution in [3.63, 3.8) is 0 Å². The van der Waals surface area contributed by atoms with E-state index < -0.39 is 0 Å². The van der Waals surface area contributed by atoms with E-state index in [4.69, 9.17) is 0 Å². The average molecular weight is 215 g/mol. The normalized spacial score (nSPS) is 11.7. The maximum atomic E-state index is 4.16. The van der Waals surface area contributed by atoms with Crippen LogP contribution in [0.1, 0.15) is 39.5 Å². The van der Waals surface area contributed by atoms with Crippen molar-refractivity contribution < 1.29 is 0 Å². The third-order valence-corrected chi connectivity index (χ3v) is 2.50. The van der Waals surface area contributed by atoms with Crippen LogP contribution >= 0.6 is 12.6 Å². The summed E-state index contributed by atoms with van der Waals surface area (Å²) < 4.78 is 0. The molecule has 0 rings (SSSR count). The van der Waals surface area contributed by atoms with E-state index in [0.717, 1.165) is 12.3 Å². The Kier molecular flexibility index (Phi) is 11.2. The van der Waals surface area contributed by atoms with E-state index in [9.17, 15) is 0 Å². The Morgan fingerprint density at radius 3 is 2.00 bits per heavy atom. The third-order valence-electron chi connectivity index (χ3n) is 2.29. The van der Waals surface area contributed by atoms with Crippen molar-refractivity contribution in [3.8, 4) is 0 Å². The van der Waals surface area contributed by atoms with Crippen molar-refractivity contribution in [3.05, 3.63) is 12.2 Å². The molecule has 14 heavy (non-hydrogen) atoms. The first-order chi connectivity index (χ1) is 6.85. The summed E-state index contributed by atoms with van der Waals surface area (Å²) in [5, 5.41) is 0. The molecule has 0 atom stereocenters. The molecule has 0 amide bonds. The first-order valence-electron chi connectivity index (χ1n) is 5.83. The number of thiol groups is 1. The molecule has 0 fully saturated rings. The van der Waals surface area contributed by atoms with Crippen molar-refractivity contribution in [2.24, 2.45) is 0 Å². The van der Waals surface area contributed by atoms with E-state index in [0.29, 0.717) is 0 Å². The van der Waals surface area contributed by atoms with Crippen LogP contribution in [0.3, 0.4) is 0 Å². The summed E-state index contributed by atoms with van der Waals surface area (Å²) in [6.07, 6.45) is 9.58. The lowest BCUT2D eigenvalue weighted by Crippen LogP contribution is -2.26. The van der Waals surface area contributed by atoms with Gasteiger partial charge in [0, 0.05) is 12.3 Å². The van der Waals surface area contributed by atoms with Gasteiger partial charge in [0.05, 0.1) is 0 Å². The summed E-state index contributed by atoms with van der Waals surface area (Å²) in [6.45, 7) is 8.09. The Morgan fingerprint density at radius 1 is 1.00 bits per heavy atom. The predicted molar refractivity (Wildman–Crippen MR) is 69.2 cm³/mol. The van der Waals surface area contributed by atoms with E-state index >= 15 is 0 Å². The summed E-state index contributed by atoms with van der Waals surface area (Å²) in [6, 6.07) is 0. The zero-order valence-corrected chi connectivity index (χ0v) is 10.6. The molecule has 84 valence electrons. The molecule has 0 radical (unpaired) electrons. The molecule has 0 saturated heterocycles. The maximum absolute atomic E-state index is 4.16. The summed E-state index contributed by atoms with van der Waals surface area (Å²) >= 11 is 4.16. The number of rotatable bonds is 9. The zero-order valence-electron chi connectivity index (χ0n) is 9.71. The van der Waals surface area contributed by atoms with Crippen molar-refractivity contribution in [2.75, 3.05) is 25.4 Å². The summed E-state index contributed by atoms with van der Waals surface area (Å²) in [5.74, 6) is 0.857. The molecular formula is C12H25NS. The van der Waals surface area contributed by atoms with Crippen LogP contribution in [0.2, 0.25) is 0 Å². The molecule has 0 bridgehead atoms. The van der Waals surface area contributed by atoms with Gasteiger partial charge in [0.25, 0.3) is 0 Å². The van der Waals surface area contributed by atoms with E-state index in [1.165, 1.54) is 38.8 Å². The minimum atomic E-state index is 0.857. The fourth-order valence-electron chi connectivity index (χ4n) is 1.36. The largest absolute Gasteiger partial charge is 0.300 e. The van der Waals surface area contributed by atoms with E-state index in [1.54, 1.807) is 0 Å². The highest BCUT2D eigenvalue weighted by Crippen LogP contribution is 1.99. The first-order valence-corrected chi connectivity index (χ1v) is 6.46. The van der Waals surface area contributed by atoms with Gasteiger partial charge in [0.2, 0.25) is 0 Å². The smallest absolute Gasteiger partial charge is 0.0163 e. The quantitative estimate of drug-likeness (QED) is 0.456. The molecule has 0 aromatic carbocycles. The lowest BCUT2D eigenvalue weighted by molar-refractivity contribution is 0.292. The van der Waals surface area contributed by atoms with Crippen molar-refractivity contribution in [1.82, 2.24) is 4.90 Å². The molecule has 0 spiro atoms. The van der Waals surface area contributed by atoms with Gasteiger partial charge in [0.15, 0.2) is 0 Å². The molecule has 0 saturated carbocycles. The van der Waals surface area contributed by atoms with Crippen LogP contribution in [0, 0.1) is 0 Å². The topological polar surface area (TPSA) is 3.24 Å². The van der Waals surface area contributed by atoms with Gasteiger partial charge in [-0.05, 0) is 25.9 Å². The third kappa shape index (κ3) is 8.64. The van der Waals surface area contributed by atoms with Gasteiger partial charge < -0.3 is 0 Å². The number of nitrogens with zero attached hydrogens (tertiary/aromatic N) is 1. The van der Waals surface area contributed by atoms with Gasteiger partial charge in [-0.1, -0.05) is 38.8 Å². The minimum Gasteiger partial charge on any atom is -0.300 e. The Balaban J connectivity index is 3.65. The monoisotopic (exact) mass is 215 g/mol. The predicted octanol–water partition coefficient (Wildman–Crippen LogP) is 3.37. The van der Waals surface area contributed by atoms with E-state index in [-0.39, 0.29) is 0 Å². The van der Waals surface area contributed by atoms with Crippen LogP contribution in [0.25, 0.3) is 0 Å². The van der Waals surface area contributed by atoms with Gasteiger partial charge in [-0.25, -0.2) is 0 Å². The molecule has 2 heteroatoms. The van der Waals surface area contributed by atoms with E-state index in [1.807, 2.05) is 0 Å². The van der Waals surface area contributed by atoms with Crippen molar-refractivity contribution in [2.45, 2.75) is 39.5 Å². The number of hydrogen-bond acceptors (Lipinski definition) is 2. The standard InChI is InChI=1S/C12H25NS/c1-3-5-9-13(10-6-4-2)11-7-8-12-14/h7-8,14H,3-6,9-12H2,1-2H3. The maximum Gasteiger partial charge on any atom is 0.0163 e. The molecule has 0 heterocycles. The van der Waals surface area contributed by atoms with Gasteiger partial charge in [-0.15, -0.1) is 0 Å². The van der Waals surface area contributed by atoms with Crippen LogP contribution in [-0.2, 0) is 0 Å². The van der Waals surface area contributed by atoms with E-state index in [2.05, 4.69) is 43.5 Å². The average Bonchev–Trinajstić information content (AvgIpc) is 2.21. The van der Waals surface area contributed by atoms with Crippen LogP contribution in [0.15, 0.2) is 12.2 Å². The molecular weight excluding hydrogens is 190 g/mol. The molecule has 1 nitrogen and oxygen atoms in total. The summed E-state index contributed by atoms with van der Waals surface area (Å²) in [7, 11) is 0. The molecule has 0 aliphatic carbocycles. The molecule has 0 aliphatic rings. The highest BCUT2D eigenvalue weighted by atomic mass is 32.1. The Morgan fingerprint density at radius 2 is 1.57 bits per heavy atom. The second kappa shape index (κ2) is 11.1. The SMILES string of the molecule is CCCCN(CC=CCS)CCCC. The lowest BCUT2D eigenvalue weighted by Gasteiger charge is -2.19. The van der Waals surface area contributed by atoms with Crippen molar-refractivity contribution >= 4 is 12.6 Å². The number of hydrogen-bond donors (Lipinski definition) is 1. The molecule has 0 N–H and O–H groups in total. The fraction of sp³-hybridized carbons (Fsp3) is 0.833. The van der Waals surface area contributed by atoms with Crippen LogP contribution < -0.4 is 0 Å². The molecule has 0 aromatic rings. The van der Waals surface area contributed by atoms with Gasteiger partial charge in [0.1, 0.15) is 0 Å². The minimum absolute atomic E-state index is 0.857. The lowest BCUT2D eigenvalue weighted by atomic mass is 10.2. The van der Waals surface area contributed by atoms with Gasteiger partial charge >= 0.3 is 0 Å². The number of unbranched alkanes of at least 4 members (excludes halogenated alkanes) is 2. The van der Waals surface area contributed by atoms with Crippen molar-refractivity contribution in [1.29, 1.82) is 0 Å². The summed E-state index contributed by atoms with van der Waals surface area (Å²) in [5.41, 5.74) is 0. The zero-order chi connectivity index (χ0) is 10.6. The molecule has 0 aliphatic heterocycles. The second-order valence-corrected chi connectivity index (χ2v) is 4.03. The second-order valence-electron chi connectivity index (χ2n) is 3.66. The van der Waals surface area contributed by atoms with Crippen LogP contribution in [-0.4, -0.2) is 30.3 Å². The Bertz CT molecular complexity index is 126. The van der Waals surface area contributed by atoms with Crippen LogP contribution in [0.4, 0.5) is 0 Å².